The van der Waals surface area contributed by atoms with Crippen molar-refractivity contribution in [2.24, 2.45) is 14.1 Å². The molecule has 6 nitrogen and oxygen atoms in total. The van der Waals surface area contributed by atoms with Gasteiger partial charge in [0.1, 0.15) is 5.75 Å². The van der Waals surface area contributed by atoms with Crippen molar-refractivity contribution in [3.05, 3.63) is 50.9 Å². The number of amides is 1. The number of nitrogens with one attached hydrogen (secondary N) is 1. The lowest BCUT2D eigenvalue weighted by molar-refractivity contribution is 0.102. The van der Waals surface area contributed by atoms with Gasteiger partial charge in [0.05, 0.1) is 29.4 Å². The zero-order valence-corrected chi connectivity index (χ0v) is 18.8. The predicted molar refractivity (Wildman–Crippen MR) is 118 cm³/mol. The Morgan fingerprint density at radius 2 is 1.79 bits per heavy atom. The van der Waals surface area contributed by atoms with E-state index in [1.807, 2.05) is 18.2 Å². The minimum absolute atomic E-state index is 0.104. The number of carbonyl (C=O) groups is 1. The van der Waals surface area contributed by atoms with Crippen LogP contribution in [0.5, 0.6) is 5.75 Å². The maximum Gasteiger partial charge on any atom is 0.328 e. The van der Waals surface area contributed by atoms with Crippen LogP contribution in [0.2, 0.25) is 0 Å². The molecule has 1 N–H and O–H groups in total. The van der Waals surface area contributed by atoms with Crippen molar-refractivity contribution in [1.82, 2.24) is 9.13 Å². The molecule has 3 aromatic rings. The van der Waals surface area contributed by atoms with Gasteiger partial charge < -0.3 is 10.1 Å². The summed E-state index contributed by atoms with van der Waals surface area (Å²) in [7, 11) is 5.01. The molecule has 0 aliphatic rings. The van der Waals surface area contributed by atoms with E-state index in [1.165, 1.54) is 7.11 Å². The summed E-state index contributed by atoms with van der Waals surface area (Å²) in [5.41, 5.74) is 2.58. The van der Waals surface area contributed by atoms with E-state index in [0.29, 0.717) is 22.3 Å². The van der Waals surface area contributed by atoms with Gasteiger partial charge in [0.25, 0.3) is 5.91 Å². The average Bonchev–Trinajstić information content (AvgIpc) is 2.85. The lowest BCUT2D eigenvalue weighted by atomic mass is 10.1. The molecule has 0 saturated carbocycles. The number of hydrogen-bond donors (Lipinski definition) is 1. The van der Waals surface area contributed by atoms with Gasteiger partial charge in [-0.2, -0.15) is 0 Å². The highest BCUT2D eigenvalue weighted by Crippen LogP contribution is 2.35. The van der Waals surface area contributed by atoms with Gasteiger partial charge in [-0.25, -0.2) is 4.79 Å². The number of carbonyl (C=O) groups excluding carboxylic acids is 1. The van der Waals surface area contributed by atoms with Gasteiger partial charge in [0.15, 0.2) is 0 Å². The number of thioether (sulfide) groups is 1. The highest BCUT2D eigenvalue weighted by molar-refractivity contribution is 9.10. The molecule has 1 amide bonds. The van der Waals surface area contributed by atoms with E-state index < -0.39 is 0 Å². The van der Waals surface area contributed by atoms with Crippen LogP contribution in [-0.4, -0.2) is 27.4 Å². The van der Waals surface area contributed by atoms with Gasteiger partial charge in [0, 0.05) is 28.7 Å². The number of nitrogens with zero attached hydrogens (tertiary/aromatic N) is 2. The van der Waals surface area contributed by atoms with E-state index in [0.717, 1.165) is 20.4 Å². The second-order valence-electron chi connectivity index (χ2n) is 6.70. The number of ether oxygens (including phenoxy) is 1. The number of hydrogen-bond acceptors (Lipinski definition) is 4. The molecular weight excluding hydrogens is 442 g/mol. The van der Waals surface area contributed by atoms with E-state index in [9.17, 15) is 9.59 Å². The monoisotopic (exact) mass is 463 g/mol. The third-order valence-corrected chi connectivity index (χ3v) is 5.95. The second-order valence-corrected chi connectivity index (χ2v) is 9.24. The summed E-state index contributed by atoms with van der Waals surface area (Å²) in [5.74, 6) is 0.219. The Balaban J connectivity index is 2.11. The summed E-state index contributed by atoms with van der Waals surface area (Å²) in [4.78, 5) is 26.2. The average molecular weight is 464 g/mol. The Morgan fingerprint density at radius 1 is 1.14 bits per heavy atom. The molecular formula is C20H22BrN3O3S. The van der Waals surface area contributed by atoms with Crippen molar-refractivity contribution in [2.45, 2.75) is 24.0 Å². The quantitative estimate of drug-likeness (QED) is 0.569. The number of anilines is 1. The minimum Gasteiger partial charge on any atom is -0.496 e. The molecule has 8 heteroatoms. The van der Waals surface area contributed by atoms with E-state index in [4.69, 9.17) is 4.74 Å². The third kappa shape index (κ3) is 3.84. The smallest absolute Gasteiger partial charge is 0.328 e. The topological polar surface area (TPSA) is 65.3 Å². The maximum absolute atomic E-state index is 13.0. The number of aromatic nitrogens is 2. The van der Waals surface area contributed by atoms with Crippen LogP contribution in [0.3, 0.4) is 0 Å². The first-order chi connectivity index (χ1) is 13.2. The van der Waals surface area contributed by atoms with E-state index in [2.05, 4.69) is 35.1 Å². The molecule has 148 valence electrons. The molecule has 2 aromatic carbocycles. The predicted octanol–water partition coefficient (Wildman–Crippen LogP) is 4.40. The molecule has 0 spiro atoms. The molecule has 0 bridgehead atoms. The molecule has 0 atom stereocenters. The Hall–Kier alpha value is -2.19. The molecule has 1 heterocycles. The fourth-order valence-corrected chi connectivity index (χ4v) is 4.31. The summed E-state index contributed by atoms with van der Waals surface area (Å²) >= 11 is 5.03. The van der Waals surface area contributed by atoms with Crippen LogP contribution in [0.25, 0.3) is 11.0 Å². The van der Waals surface area contributed by atoms with Gasteiger partial charge in [0.2, 0.25) is 0 Å². The maximum atomic E-state index is 13.0. The van der Waals surface area contributed by atoms with Crippen LogP contribution in [-0.2, 0) is 14.1 Å². The van der Waals surface area contributed by atoms with Crippen molar-refractivity contribution in [3.8, 4) is 5.75 Å². The van der Waals surface area contributed by atoms with Crippen molar-refractivity contribution in [1.29, 1.82) is 0 Å². The zero-order valence-electron chi connectivity index (χ0n) is 16.4. The fourth-order valence-electron chi connectivity index (χ4n) is 3.02. The van der Waals surface area contributed by atoms with Crippen LogP contribution in [0.15, 0.2) is 44.5 Å². The normalized spacial score (nSPS) is 11.2. The lowest BCUT2D eigenvalue weighted by Crippen LogP contribution is -2.19. The Labute approximate surface area is 176 Å². The molecule has 0 unspecified atom stereocenters. The molecule has 0 radical (unpaired) electrons. The number of halogens is 1. The molecule has 28 heavy (non-hydrogen) atoms. The van der Waals surface area contributed by atoms with Crippen LogP contribution in [0, 0.1) is 0 Å². The van der Waals surface area contributed by atoms with E-state index >= 15 is 0 Å². The van der Waals surface area contributed by atoms with Gasteiger partial charge in [-0.05, 0) is 30.3 Å². The molecule has 0 aliphatic heterocycles. The summed E-state index contributed by atoms with van der Waals surface area (Å²) < 4.78 is 9.31. The molecule has 0 saturated heterocycles. The summed E-state index contributed by atoms with van der Waals surface area (Å²) in [6.07, 6.45) is 0. The number of benzene rings is 2. The number of imidazole rings is 1. The Bertz CT molecular complexity index is 1120. The first kappa shape index (κ1) is 20.5. The molecule has 3 rings (SSSR count). The van der Waals surface area contributed by atoms with Crippen LogP contribution < -0.4 is 15.7 Å². The highest BCUT2D eigenvalue weighted by Gasteiger charge is 2.18. The van der Waals surface area contributed by atoms with Crippen LogP contribution in [0.4, 0.5) is 5.69 Å². The van der Waals surface area contributed by atoms with Crippen molar-refractivity contribution in [2.75, 3.05) is 12.4 Å². The van der Waals surface area contributed by atoms with Gasteiger partial charge in [-0.15, -0.1) is 11.8 Å². The number of methoxy groups -OCH3 is 1. The Morgan fingerprint density at radius 3 is 2.39 bits per heavy atom. The molecule has 0 fully saturated rings. The Kier molecular flexibility index (Phi) is 5.90. The first-order valence-electron chi connectivity index (χ1n) is 8.74. The fraction of sp³-hybridized carbons (Fsp3) is 0.300. The number of aryl methyl sites for hydroxylation is 2. The SMILES string of the molecule is COc1ccc(Br)cc1C(=O)Nc1cc2c(cc1SC(C)C)n(C)c(=O)n2C. The molecule has 0 aliphatic carbocycles. The van der Waals surface area contributed by atoms with Gasteiger partial charge >= 0.3 is 5.69 Å². The van der Waals surface area contributed by atoms with Gasteiger partial charge in [-0.1, -0.05) is 29.8 Å². The third-order valence-electron chi connectivity index (χ3n) is 4.39. The van der Waals surface area contributed by atoms with E-state index in [1.54, 1.807) is 47.1 Å². The number of rotatable bonds is 5. The van der Waals surface area contributed by atoms with Gasteiger partial charge in [-0.3, -0.25) is 13.9 Å². The standard InChI is InChI=1S/C20H22BrN3O3S/c1-11(2)28-18-10-16-15(23(3)20(26)24(16)4)9-14(18)22-19(25)13-8-12(21)6-7-17(13)27-5/h6-11H,1-5H3,(H,22,25). The first-order valence-corrected chi connectivity index (χ1v) is 10.4. The summed E-state index contributed by atoms with van der Waals surface area (Å²) in [6.45, 7) is 4.17. The highest BCUT2D eigenvalue weighted by atomic mass is 79.9. The second kappa shape index (κ2) is 8.05. The largest absolute Gasteiger partial charge is 0.496 e. The minimum atomic E-state index is -0.274. The van der Waals surface area contributed by atoms with E-state index in [-0.39, 0.29) is 11.6 Å². The van der Waals surface area contributed by atoms with Crippen molar-refractivity contribution in [3.63, 3.8) is 0 Å². The van der Waals surface area contributed by atoms with Crippen molar-refractivity contribution < 1.29 is 9.53 Å². The lowest BCUT2D eigenvalue weighted by Gasteiger charge is -2.15. The van der Waals surface area contributed by atoms with Crippen LogP contribution in [0.1, 0.15) is 24.2 Å². The van der Waals surface area contributed by atoms with Crippen molar-refractivity contribution >= 4 is 50.3 Å². The summed E-state index contributed by atoms with van der Waals surface area (Å²) in [5, 5.41) is 3.31. The number of fused-ring (bicyclic) bond motifs is 1. The zero-order chi connectivity index (χ0) is 20.6. The van der Waals surface area contributed by atoms with Crippen LogP contribution >= 0.6 is 27.7 Å². The molecule has 1 aromatic heterocycles. The summed E-state index contributed by atoms with van der Waals surface area (Å²) in [6, 6.07) is 9.09.